The number of allylic oxidation sites excluding steroid dienone is 5. The van der Waals surface area contributed by atoms with E-state index in [0.29, 0.717) is 0 Å². The SMILES string of the molecule is C/C(C=C(c1ccccc1)c1ccccc1)=C\C=C(/C)N(c1ccc(C)cc1)c1ccc(C)cc1. The Morgan fingerprint density at radius 1 is 0.543 bits per heavy atom. The number of hydrogen-bond acceptors (Lipinski definition) is 1. The first-order valence-electron chi connectivity index (χ1n) is 12.1. The van der Waals surface area contributed by atoms with Gasteiger partial charge in [-0.1, -0.05) is 114 Å². The standard InChI is InChI=1S/C34H33N/c1-26-16-21-32(22-17-26)35(33-23-18-27(2)19-24-33)29(4)20-15-28(3)25-34(30-11-7-5-8-12-30)31-13-9-6-10-14-31/h5-25H,1-4H3/b28-15+,29-20+. The molecule has 0 spiro atoms. The summed E-state index contributed by atoms with van der Waals surface area (Å²) >= 11 is 0. The van der Waals surface area contributed by atoms with Crippen LogP contribution in [0.3, 0.4) is 0 Å². The van der Waals surface area contributed by atoms with Crippen molar-refractivity contribution in [3.05, 3.63) is 161 Å². The highest BCUT2D eigenvalue weighted by Gasteiger charge is 2.11. The van der Waals surface area contributed by atoms with Crippen LogP contribution in [0.25, 0.3) is 5.57 Å². The predicted octanol–water partition coefficient (Wildman–Crippen LogP) is 9.42. The molecule has 0 aliphatic rings. The van der Waals surface area contributed by atoms with Crippen LogP contribution in [-0.4, -0.2) is 0 Å². The Morgan fingerprint density at radius 2 is 0.971 bits per heavy atom. The van der Waals surface area contributed by atoms with Gasteiger partial charge in [-0.05, 0) is 74.7 Å². The summed E-state index contributed by atoms with van der Waals surface area (Å²) in [5.74, 6) is 0. The molecule has 0 unspecified atom stereocenters. The van der Waals surface area contributed by atoms with Crippen molar-refractivity contribution in [1.29, 1.82) is 0 Å². The van der Waals surface area contributed by atoms with Crippen LogP contribution in [0.1, 0.15) is 36.1 Å². The van der Waals surface area contributed by atoms with Gasteiger partial charge >= 0.3 is 0 Å². The van der Waals surface area contributed by atoms with Crippen molar-refractivity contribution < 1.29 is 0 Å². The van der Waals surface area contributed by atoms with Gasteiger partial charge in [0.25, 0.3) is 0 Å². The van der Waals surface area contributed by atoms with E-state index < -0.39 is 0 Å². The van der Waals surface area contributed by atoms with Gasteiger partial charge in [-0.3, -0.25) is 0 Å². The first-order valence-corrected chi connectivity index (χ1v) is 12.1. The Labute approximate surface area is 210 Å². The van der Waals surface area contributed by atoms with Gasteiger partial charge in [0.15, 0.2) is 0 Å². The molecule has 0 aromatic heterocycles. The third-order valence-electron chi connectivity index (χ3n) is 6.07. The highest BCUT2D eigenvalue weighted by Crippen LogP contribution is 2.30. The normalized spacial score (nSPS) is 11.8. The van der Waals surface area contributed by atoms with E-state index in [2.05, 4.69) is 160 Å². The average Bonchev–Trinajstić information content (AvgIpc) is 2.89. The topological polar surface area (TPSA) is 3.24 Å². The first-order chi connectivity index (χ1) is 17.0. The highest BCUT2D eigenvalue weighted by atomic mass is 15.1. The molecule has 0 amide bonds. The second kappa shape index (κ2) is 11.4. The summed E-state index contributed by atoms with van der Waals surface area (Å²) in [6, 6.07) is 38.6. The van der Waals surface area contributed by atoms with Crippen molar-refractivity contribution in [3.63, 3.8) is 0 Å². The summed E-state index contributed by atoms with van der Waals surface area (Å²) < 4.78 is 0. The van der Waals surface area contributed by atoms with E-state index in [0.717, 1.165) is 17.1 Å². The second-order valence-electron chi connectivity index (χ2n) is 9.02. The van der Waals surface area contributed by atoms with E-state index in [4.69, 9.17) is 0 Å². The molecular weight excluding hydrogens is 422 g/mol. The maximum Gasteiger partial charge on any atom is 0.0458 e. The van der Waals surface area contributed by atoms with Crippen LogP contribution in [0.2, 0.25) is 0 Å². The molecule has 0 atom stereocenters. The van der Waals surface area contributed by atoms with Gasteiger partial charge in [0.2, 0.25) is 0 Å². The molecule has 4 aromatic carbocycles. The first kappa shape index (κ1) is 24.0. The largest absolute Gasteiger partial charge is 0.315 e. The predicted molar refractivity (Wildman–Crippen MR) is 152 cm³/mol. The summed E-state index contributed by atoms with van der Waals surface area (Å²) in [5.41, 5.74) is 10.8. The maximum absolute atomic E-state index is 2.31. The van der Waals surface area contributed by atoms with Crippen molar-refractivity contribution in [3.8, 4) is 0 Å². The van der Waals surface area contributed by atoms with Crippen LogP contribution >= 0.6 is 0 Å². The molecule has 0 aliphatic heterocycles. The molecule has 0 heterocycles. The summed E-state index contributed by atoms with van der Waals surface area (Å²) in [6.45, 7) is 8.58. The molecular formula is C34H33N. The lowest BCUT2D eigenvalue weighted by atomic mass is 9.96. The van der Waals surface area contributed by atoms with E-state index in [9.17, 15) is 0 Å². The van der Waals surface area contributed by atoms with Crippen LogP contribution in [0, 0.1) is 13.8 Å². The molecule has 0 radical (unpaired) electrons. The Balaban J connectivity index is 1.71. The van der Waals surface area contributed by atoms with Gasteiger partial charge < -0.3 is 4.90 Å². The van der Waals surface area contributed by atoms with Gasteiger partial charge in [-0.2, -0.15) is 0 Å². The van der Waals surface area contributed by atoms with Gasteiger partial charge in [-0.25, -0.2) is 0 Å². The number of nitrogens with zero attached hydrogens (tertiary/aromatic N) is 1. The Hall–Kier alpha value is -4.10. The van der Waals surface area contributed by atoms with E-state index in [1.165, 1.54) is 33.4 Å². The van der Waals surface area contributed by atoms with E-state index in [1.54, 1.807) is 0 Å². The number of hydrogen-bond donors (Lipinski definition) is 0. The van der Waals surface area contributed by atoms with Crippen molar-refractivity contribution in [1.82, 2.24) is 0 Å². The van der Waals surface area contributed by atoms with Crippen molar-refractivity contribution in [2.75, 3.05) is 4.90 Å². The average molecular weight is 456 g/mol. The molecule has 0 saturated carbocycles. The number of anilines is 2. The number of rotatable bonds is 7. The summed E-state index contributed by atoms with van der Waals surface area (Å²) in [6.07, 6.45) is 6.69. The van der Waals surface area contributed by atoms with E-state index >= 15 is 0 Å². The quantitative estimate of drug-likeness (QED) is 0.251. The lowest BCUT2D eigenvalue weighted by Crippen LogP contribution is -2.14. The summed E-state index contributed by atoms with van der Waals surface area (Å²) in [5, 5.41) is 0. The van der Waals surface area contributed by atoms with E-state index in [-0.39, 0.29) is 0 Å². The molecule has 0 bridgehead atoms. The van der Waals surface area contributed by atoms with Gasteiger partial charge in [0, 0.05) is 17.1 Å². The van der Waals surface area contributed by atoms with Crippen molar-refractivity contribution >= 4 is 16.9 Å². The fraction of sp³-hybridized carbons (Fsp3) is 0.118. The lowest BCUT2D eigenvalue weighted by molar-refractivity contribution is 1.15. The monoisotopic (exact) mass is 455 g/mol. The van der Waals surface area contributed by atoms with Crippen LogP contribution < -0.4 is 4.90 Å². The fourth-order valence-corrected chi connectivity index (χ4v) is 4.12. The van der Waals surface area contributed by atoms with Crippen LogP contribution in [-0.2, 0) is 0 Å². The maximum atomic E-state index is 2.31. The Morgan fingerprint density at radius 3 is 1.40 bits per heavy atom. The zero-order valence-corrected chi connectivity index (χ0v) is 21.1. The zero-order valence-electron chi connectivity index (χ0n) is 21.1. The second-order valence-corrected chi connectivity index (χ2v) is 9.02. The molecule has 4 aromatic rings. The molecule has 0 aliphatic carbocycles. The minimum Gasteiger partial charge on any atom is -0.315 e. The molecule has 174 valence electrons. The third kappa shape index (κ3) is 6.28. The smallest absolute Gasteiger partial charge is 0.0458 e. The molecule has 1 heteroatoms. The van der Waals surface area contributed by atoms with Crippen LogP contribution in [0.4, 0.5) is 11.4 Å². The van der Waals surface area contributed by atoms with Crippen LogP contribution in [0.5, 0.6) is 0 Å². The molecule has 0 N–H and O–H groups in total. The molecule has 0 fully saturated rings. The molecule has 0 saturated heterocycles. The molecule has 4 rings (SSSR count). The zero-order chi connectivity index (χ0) is 24.6. The summed E-state index contributed by atoms with van der Waals surface area (Å²) in [4.78, 5) is 2.31. The van der Waals surface area contributed by atoms with E-state index in [1.807, 2.05) is 0 Å². The van der Waals surface area contributed by atoms with Gasteiger partial charge in [0.05, 0.1) is 0 Å². The van der Waals surface area contributed by atoms with Gasteiger partial charge in [0.1, 0.15) is 0 Å². The molecule has 1 nitrogen and oxygen atoms in total. The highest BCUT2D eigenvalue weighted by molar-refractivity contribution is 5.81. The minimum atomic E-state index is 1.16. The van der Waals surface area contributed by atoms with Gasteiger partial charge in [-0.15, -0.1) is 0 Å². The van der Waals surface area contributed by atoms with Crippen molar-refractivity contribution in [2.45, 2.75) is 27.7 Å². The Kier molecular flexibility index (Phi) is 7.80. The summed E-state index contributed by atoms with van der Waals surface area (Å²) in [7, 11) is 0. The number of aryl methyl sites for hydroxylation is 2. The van der Waals surface area contributed by atoms with Crippen LogP contribution in [0.15, 0.2) is 139 Å². The third-order valence-corrected chi connectivity index (χ3v) is 6.07. The lowest BCUT2D eigenvalue weighted by Gasteiger charge is -2.26. The Bertz CT molecular complexity index is 1240. The minimum absolute atomic E-state index is 1.16. The fourth-order valence-electron chi connectivity index (χ4n) is 4.12. The van der Waals surface area contributed by atoms with Crippen molar-refractivity contribution in [2.24, 2.45) is 0 Å². The molecule has 35 heavy (non-hydrogen) atoms. The number of benzene rings is 4.